The fourth-order valence-corrected chi connectivity index (χ4v) is 1.99. The molecule has 17 heavy (non-hydrogen) atoms. The Kier molecular flexibility index (Phi) is 2.57. The number of thiol groups is 1. The van der Waals surface area contributed by atoms with Crippen molar-refractivity contribution in [3.63, 3.8) is 0 Å². The summed E-state index contributed by atoms with van der Waals surface area (Å²) in [4.78, 5) is 11.9. The van der Waals surface area contributed by atoms with E-state index in [2.05, 4.69) is 33.6 Å². The Hall–Kier alpha value is -1.81. The minimum atomic E-state index is 0.733. The van der Waals surface area contributed by atoms with Gasteiger partial charge in [0.2, 0.25) is 0 Å². The van der Waals surface area contributed by atoms with Gasteiger partial charge in [-0.25, -0.2) is 4.98 Å². The lowest BCUT2D eigenvalue weighted by molar-refractivity contribution is 1.27. The number of benzene rings is 1. The lowest BCUT2D eigenvalue weighted by Gasteiger charge is -1.94. The van der Waals surface area contributed by atoms with Crippen molar-refractivity contribution in [2.24, 2.45) is 0 Å². The molecule has 0 fully saturated rings. The molecule has 2 heterocycles. The molecular formula is C13H11N3S. The van der Waals surface area contributed by atoms with E-state index in [1.807, 2.05) is 24.3 Å². The molecule has 1 N–H and O–H groups in total. The molecule has 3 aromatic rings. The molecule has 0 aliphatic rings. The normalized spacial score (nSPS) is 10.9. The number of rotatable bonds is 2. The summed E-state index contributed by atoms with van der Waals surface area (Å²) in [5, 5.41) is 0. The number of hydrogen-bond donors (Lipinski definition) is 2. The minimum absolute atomic E-state index is 0.733. The maximum absolute atomic E-state index is 4.54. The van der Waals surface area contributed by atoms with Crippen LogP contribution in [0.1, 0.15) is 5.56 Å². The van der Waals surface area contributed by atoms with Gasteiger partial charge in [-0.3, -0.25) is 4.98 Å². The quantitative estimate of drug-likeness (QED) is 0.677. The Balaban J connectivity index is 2.14. The molecule has 3 rings (SSSR count). The van der Waals surface area contributed by atoms with E-state index in [0.29, 0.717) is 0 Å². The van der Waals surface area contributed by atoms with E-state index < -0.39 is 0 Å². The summed E-state index contributed by atoms with van der Waals surface area (Å²) >= 11 is 4.27. The third-order valence-electron chi connectivity index (χ3n) is 2.66. The highest BCUT2D eigenvalue weighted by Crippen LogP contribution is 2.20. The molecule has 3 nitrogen and oxygen atoms in total. The number of nitrogens with one attached hydrogen (secondary N) is 1. The first kappa shape index (κ1) is 10.4. The van der Waals surface area contributed by atoms with Gasteiger partial charge in [-0.15, -0.1) is 0 Å². The Labute approximate surface area is 104 Å². The van der Waals surface area contributed by atoms with E-state index in [9.17, 15) is 0 Å². The van der Waals surface area contributed by atoms with Crippen molar-refractivity contribution in [1.29, 1.82) is 0 Å². The summed E-state index contributed by atoms with van der Waals surface area (Å²) in [6, 6.07) is 10.0. The summed E-state index contributed by atoms with van der Waals surface area (Å²) < 4.78 is 0. The highest BCUT2D eigenvalue weighted by atomic mass is 32.1. The van der Waals surface area contributed by atoms with Gasteiger partial charge in [0.1, 0.15) is 5.82 Å². The number of nitrogens with zero attached hydrogens (tertiary/aromatic N) is 2. The van der Waals surface area contributed by atoms with Gasteiger partial charge >= 0.3 is 0 Å². The molecule has 0 spiro atoms. The molecule has 0 bridgehead atoms. The molecule has 2 aromatic heterocycles. The van der Waals surface area contributed by atoms with Crippen molar-refractivity contribution < 1.29 is 0 Å². The summed E-state index contributed by atoms with van der Waals surface area (Å²) in [5.41, 5.74) is 4.18. The molecule has 0 saturated carbocycles. The summed E-state index contributed by atoms with van der Waals surface area (Å²) in [6.07, 6.45) is 3.56. The van der Waals surface area contributed by atoms with Gasteiger partial charge < -0.3 is 4.98 Å². The fourth-order valence-electron chi connectivity index (χ4n) is 1.79. The van der Waals surface area contributed by atoms with E-state index in [0.717, 1.165) is 28.2 Å². The van der Waals surface area contributed by atoms with Crippen LogP contribution in [0.3, 0.4) is 0 Å². The lowest BCUT2D eigenvalue weighted by atomic mass is 10.2. The molecule has 0 atom stereocenters. The molecule has 0 saturated heterocycles. The summed E-state index contributed by atoms with van der Waals surface area (Å²) in [5.74, 6) is 1.58. The van der Waals surface area contributed by atoms with Crippen LogP contribution in [0.15, 0.2) is 42.7 Å². The zero-order valence-electron chi connectivity index (χ0n) is 9.09. The second-order valence-corrected chi connectivity index (χ2v) is 4.15. The molecule has 84 valence electrons. The molecule has 0 unspecified atom stereocenters. The van der Waals surface area contributed by atoms with E-state index >= 15 is 0 Å². The predicted molar refractivity (Wildman–Crippen MR) is 72.0 cm³/mol. The van der Waals surface area contributed by atoms with Gasteiger partial charge in [0.05, 0.1) is 11.0 Å². The second-order valence-electron chi connectivity index (χ2n) is 3.84. The fraction of sp³-hybridized carbons (Fsp3) is 0.0769. The standard InChI is InChI=1S/C13H11N3S/c17-8-9-3-4-11-12(6-9)16-13(15-11)10-2-1-5-14-7-10/h1-7,17H,8H2,(H,15,16). The first-order chi connectivity index (χ1) is 8.36. The van der Waals surface area contributed by atoms with Crippen molar-refractivity contribution in [3.8, 4) is 11.4 Å². The van der Waals surface area contributed by atoms with Crippen molar-refractivity contribution >= 4 is 23.7 Å². The predicted octanol–water partition coefficient (Wildman–Crippen LogP) is 3.05. The summed E-state index contributed by atoms with van der Waals surface area (Å²) in [6.45, 7) is 0. The van der Waals surface area contributed by atoms with Crippen LogP contribution < -0.4 is 0 Å². The second kappa shape index (κ2) is 4.22. The molecule has 0 amide bonds. The Morgan fingerprint density at radius 3 is 2.94 bits per heavy atom. The average molecular weight is 241 g/mol. The number of hydrogen-bond acceptors (Lipinski definition) is 3. The van der Waals surface area contributed by atoms with Crippen molar-refractivity contribution in [2.75, 3.05) is 0 Å². The van der Waals surface area contributed by atoms with Crippen LogP contribution in [0.5, 0.6) is 0 Å². The van der Waals surface area contributed by atoms with E-state index in [1.54, 1.807) is 12.4 Å². The number of aromatic amines is 1. The van der Waals surface area contributed by atoms with Gasteiger partial charge in [-0.05, 0) is 29.8 Å². The lowest BCUT2D eigenvalue weighted by Crippen LogP contribution is -1.80. The van der Waals surface area contributed by atoms with Crippen LogP contribution in [0.2, 0.25) is 0 Å². The number of H-pyrrole nitrogens is 1. The van der Waals surface area contributed by atoms with Crippen molar-refractivity contribution in [1.82, 2.24) is 15.0 Å². The number of pyridine rings is 1. The van der Waals surface area contributed by atoms with Crippen molar-refractivity contribution in [2.45, 2.75) is 5.75 Å². The largest absolute Gasteiger partial charge is 0.338 e. The van der Waals surface area contributed by atoms with Crippen LogP contribution in [0.4, 0.5) is 0 Å². The van der Waals surface area contributed by atoms with E-state index in [-0.39, 0.29) is 0 Å². The third kappa shape index (κ3) is 1.91. The minimum Gasteiger partial charge on any atom is -0.338 e. The SMILES string of the molecule is SCc1ccc2nc(-c3cccnc3)[nH]c2c1. The molecule has 0 aliphatic carbocycles. The number of aromatic nitrogens is 3. The highest BCUT2D eigenvalue weighted by Gasteiger charge is 2.05. The zero-order valence-corrected chi connectivity index (χ0v) is 9.98. The van der Waals surface area contributed by atoms with Gasteiger partial charge in [-0.2, -0.15) is 12.6 Å². The third-order valence-corrected chi connectivity index (χ3v) is 3.03. The molecule has 1 aromatic carbocycles. The van der Waals surface area contributed by atoms with Crippen LogP contribution in [0.25, 0.3) is 22.4 Å². The van der Waals surface area contributed by atoms with Crippen LogP contribution in [0, 0.1) is 0 Å². The van der Waals surface area contributed by atoms with E-state index in [4.69, 9.17) is 0 Å². The van der Waals surface area contributed by atoms with Gasteiger partial charge in [-0.1, -0.05) is 6.07 Å². The van der Waals surface area contributed by atoms with Crippen molar-refractivity contribution in [3.05, 3.63) is 48.3 Å². The molecule has 0 aliphatic heterocycles. The average Bonchev–Trinajstić information content (AvgIpc) is 2.82. The topological polar surface area (TPSA) is 41.6 Å². The van der Waals surface area contributed by atoms with Crippen LogP contribution >= 0.6 is 12.6 Å². The highest BCUT2D eigenvalue weighted by molar-refractivity contribution is 7.79. The smallest absolute Gasteiger partial charge is 0.140 e. The first-order valence-corrected chi connectivity index (χ1v) is 6.00. The van der Waals surface area contributed by atoms with Gasteiger partial charge in [0.25, 0.3) is 0 Å². The van der Waals surface area contributed by atoms with Crippen LogP contribution in [-0.4, -0.2) is 15.0 Å². The molecule has 4 heteroatoms. The molecule has 0 radical (unpaired) electrons. The summed E-state index contributed by atoms with van der Waals surface area (Å²) in [7, 11) is 0. The zero-order chi connectivity index (χ0) is 11.7. The van der Waals surface area contributed by atoms with Gasteiger partial charge in [0, 0.05) is 23.7 Å². The van der Waals surface area contributed by atoms with E-state index in [1.165, 1.54) is 5.56 Å². The maximum atomic E-state index is 4.54. The Morgan fingerprint density at radius 2 is 2.18 bits per heavy atom. The Morgan fingerprint density at radius 1 is 1.24 bits per heavy atom. The number of fused-ring (bicyclic) bond motifs is 1. The number of imidazole rings is 1. The van der Waals surface area contributed by atoms with Gasteiger partial charge in [0.15, 0.2) is 0 Å². The molecular weight excluding hydrogens is 230 g/mol. The Bertz CT molecular complexity index is 646. The van der Waals surface area contributed by atoms with Crippen LogP contribution in [-0.2, 0) is 5.75 Å². The maximum Gasteiger partial charge on any atom is 0.140 e. The monoisotopic (exact) mass is 241 g/mol. The first-order valence-electron chi connectivity index (χ1n) is 5.37.